The van der Waals surface area contributed by atoms with Gasteiger partial charge in [-0.05, 0) is 57.5 Å². The van der Waals surface area contributed by atoms with Crippen molar-refractivity contribution < 1.29 is 4.79 Å². The molecule has 0 aliphatic rings. The highest BCUT2D eigenvalue weighted by molar-refractivity contribution is 7.18. The topological polar surface area (TPSA) is 70.2 Å². The number of carbonyl (C=O) groups is 1. The second-order valence-electron chi connectivity index (χ2n) is 7.58. The molecule has 0 spiro atoms. The minimum Gasteiger partial charge on any atom is -0.360 e. The number of aryl methyl sites for hydroxylation is 4. The van der Waals surface area contributed by atoms with E-state index in [1.807, 2.05) is 32.0 Å². The number of hydrogen-bond donors (Lipinski definition) is 2. The van der Waals surface area contributed by atoms with Crippen molar-refractivity contribution in [3.8, 4) is 0 Å². The van der Waals surface area contributed by atoms with Crippen LogP contribution in [-0.4, -0.2) is 40.4 Å². The van der Waals surface area contributed by atoms with Gasteiger partial charge in [0.15, 0.2) is 0 Å². The summed E-state index contributed by atoms with van der Waals surface area (Å²) < 4.78 is 0. The van der Waals surface area contributed by atoms with Crippen molar-refractivity contribution in [2.75, 3.05) is 30.3 Å². The van der Waals surface area contributed by atoms with Crippen LogP contribution in [0.2, 0.25) is 0 Å². The first-order chi connectivity index (χ1) is 14.3. The minimum atomic E-state index is -0.0888. The molecule has 30 heavy (non-hydrogen) atoms. The minimum absolute atomic E-state index is 0.0888. The van der Waals surface area contributed by atoms with Gasteiger partial charge in [0.2, 0.25) is 5.91 Å². The average molecular weight is 426 g/mol. The molecule has 0 aliphatic heterocycles. The number of anilines is 2. The molecule has 1 aromatic carbocycles. The zero-order chi connectivity index (χ0) is 21.8. The second kappa shape index (κ2) is 9.53. The van der Waals surface area contributed by atoms with Gasteiger partial charge in [-0.25, -0.2) is 9.97 Å². The van der Waals surface area contributed by atoms with Crippen LogP contribution in [-0.2, 0) is 11.3 Å². The Hall–Kier alpha value is -2.51. The van der Waals surface area contributed by atoms with Gasteiger partial charge in [0.25, 0.3) is 0 Å². The maximum Gasteiger partial charge on any atom is 0.243 e. The molecule has 6 nitrogen and oxygen atoms in total. The van der Waals surface area contributed by atoms with Crippen LogP contribution in [0.4, 0.5) is 11.5 Å². The Bertz CT molecular complexity index is 1040. The summed E-state index contributed by atoms with van der Waals surface area (Å²) in [6.07, 6.45) is 0. The van der Waals surface area contributed by atoms with E-state index in [1.54, 1.807) is 11.3 Å². The number of hydrogen-bond acceptors (Lipinski definition) is 6. The lowest BCUT2D eigenvalue weighted by Crippen LogP contribution is -2.25. The van der Waals surface area contributed by atoms with Gasteiger partial charge in [-0.15, -0.1) is 11.3 Å². The zero-order valence-electron chi connectivity index (χ0n) is 18.7. The summed E-state index contributed by atoms with van der Waals surface area (Å²) in [5, 5.41) is 7.32. The Morgan fingerprint density at radius 2 is 1.73 bits per heavy atom. The van der Waals surface area contributed by atoms with Crippen LogP contribution >= 0.6 is 11.3 Å². The zero-order valence-corrected chi connectivity index (χ0v) is 19.5. The first kappa shape index (κ1) is 22.2. The Kier molecular flexibility index (Phi) is 7.05. The lowest BCUT2D eigenvalue weighted by atomic mass is 10.1. The summed E-state index contributed by atoms with van der Waals surface area (Å²) in [6.45, 7) is 15.2. The van der Waals surface area contributed by atoms with Crippen molar-refractivity contribution in [2.24, 2.45) is 0 Å². The molecule has 0 atom stereocenters. The third-order valence-corrected chi connectivity index (χ3v) is 6.60. The first-order valence-corrected chi connectivity index (χ1v) is 11.2. The van der Waals surface area contributed by atoms with Crippen LogP contribution in [0.1, 0.15) is 41.2 Å². The van der Waals surface area contributed by atoms with Crippen molar-refractivity contribution in [3.63, 3.8) is 0 Å². The molecule has 0 radical (unpaired) electrons. The number of thiophene rings is 1. The molecule has 0 unspecified atom stereocenters. The molecule has 0 saturated heterocycles. The number of rotatable bonds is 8. The molecule has 0 saturated carbocycles. The van der Waals surface area contributed by atoms with Crippen LogP contribution in [0.5, 0.6) is 0 Å². The van der Waals surface area contributed by atoms with Crippen LogP contribution in [0.25, 0.3) is 10.2 Å². The van der Waals surface area contributed by atoms with Crippen molar-refractivity contribution in [3.05, 3.63) is 45.6 Å². The van der Waals surface area contributed by atoms with E-state index in [0.717, 1.165) is 51.8 Å². The maximum absolute atomic E-state index is 12.6. The van der Waals surface area contributed by atoms with Gasteiger partial charge in [-0.2, -0.15) is 0 Å². The SMILES string of the molecule is CCN(CC)Cc1nc(NCC(=O)Nc2c(C)cccc2C)c2c(C)c(C)sc2n1. The fourth-order valence-corrected chi connectivity index (χ4v) is 4.55. The van der Waals surface area contributed by atoms with Crippen molar-refractivity contribution >= 4 is 39.0 Å². The van der Waals surface area contributed by atoms with Gasteiger partial charge in [-0.3, -0.25) is 9.69 Å². The summed E-state index contributed by atoms with van der Waals surface area (Å²) in [4.78, 5) is 26.7. The second-order valence-corrected chi connectivity index (χ2v) is 8.78. The van der Waals surface area contributed by atoms with E-state index < -0.39 is 0 Å². The van der Waals surface area contributed by atoms with Crippen molar-refractivity contribution in [1.29, 1.82) is 0 Å². The summed E-state index contributed by atoms with van der Waals surface area (Å²) in [7, 11) is 0. The molecule has 7 heteroatoms. The predicted octanol–water partition coefficient (Wildman–Crippen LogP) is 4.82. The standard InChI is InChI=1S/C23H31N5OS/c1-7-28(8-2)13-18-25-22(20-16(5)17(6)30-23(20)26-18)24-12-19(29)27-21-14(3)10-9-11-15(21)4/h9-11H,7-8,12-13H2,1-6H3,(H,27,29)(H,24,25,26). The normalized spacial score (nSPS) is 11.3. The van der Waals surface area contributed by atoms with E-state index in [1.165, 1.54) is 10.4 Å². The predicted molar refractivity (Wildman–Crippen MR) is 127 cm³/mol. The Morgan fingerprint density at radius 3 is 2.37 bits per heavy atom. The van der Waals surface area contributed by atoms with Crippen LogP contribution in [0.3, 0.4) is 0 Å². The Morgan fingerprint density at radius 1 is 1.07 bits per heavy atom. The number of benzene rings is 1. The maximum atomic E-state index is 12.6. The van der Waals surface area contributed by atoms with Gasteiger partial charge in [0, 0.05) is 10.6 Å². The highest BCUT2D eigenvalue weighted by atomic mass is 32.1. The number of carbonyl (C=O) groups excluding carboxylic acids is 1. The highest BCUT2D eigenvalue weighted by Crippen LogP contribution is 2.33. The summed E-state index contributed by atoms with van der Waals surface area (Å²) in [6, 6.07) is 6.00. The van der Waals surface area contributed by atoms with E-state index in [2.05, 4.69) is 43.2 Å². The molecule has 3 rings (SSSR count). The molecule has 160 valence electrons. The van der Waals surface area contributed by atoms with Crippen LogP contribution in [0, 0.1) is 27.7 Å². The summed E-state index contributed by atoms with van der Waals surface area (Å²) in [5.41, 5.74) is 4.15. The number of fused-ring (bicyclic) bond motifs is 1. The smallest absolute Gasteiger partial charge is 0.243 e. The molecular formula is C23H31N5OS. The van der Waals surface area contributed by atoms with Gasteiger partial charge in [0.1, 0.15) is 16.5 Å². The van der Waals surface area contributed by atoms with Crippen molar-refractivity contribution in [1.82, 2.24) is 14.9 Å². The molecule has 2 N–H and O–H groups in total. The van der Waals surface area contributed by atoms with Gasteiger partial charge >= 0.3 is 0 Å². The first-order valence-electron chi connectivity index (χ1n) is 10.4. The number of para-hydroxylation sites is 1. The third kappa shape index (κ3) is 4.79. The van der Waals surface area contributed by atoms with Gasteiger partial charge in [-0.1, -0.05) is 32.0 Å². The largest absolute Gasteiger partial charge is 0.360 e. The van der Waals surface area contributed by atoms with Gasteiger partial charge < -0.3 is 10.6 Å². The van der Waals surface area contributed by atoms with E-state index >= 15 is 0 Å². The fraction of sp³-hybridized carbons (Fsp3) is 0.435. The number of nitrogens with one attached hydrogen (secondary N) is 2. The van der Waals surface area contributed by atoms with Crippen LogP contribution in [0.15, 0.2) is 18.2 Å². The molecule has 3 aromatic rings. The summed E-state index contributed by atoms with van der Waals surface area (Å²) >= 11 is 1.68. The lowest BCUT2D eigenvalue weighted by molar-refractivity contribution is -0.114. The van der Waals surface area contributed by atoms with Crippen LogP contribution < -0.4 is 10.6 Å². The van der Waals surface area contributed by atoms with E-state index in [4.69, 9.17) is 9.97 Å². The Balaban J connectivity index is 1.84. The Labute approximate surface area is 182 Å². The molecule has 1 amide bonds. The van der Waals surface area contributed by atoms with E-state index in [9.17, 15) is 4.79 Å². The molecule has 2 heterocycles. The van der Waals surface area contributed by atoms with Crippen molar-refractivity contribution in [2.45, 2.75) is 48.1 Å². The average Bonchev–Trinajstić information content (AvgIpc) is 3.01. The molecular weight excluding hydrogens is 394 g/mol. The fourth-order valence-electron chi connectivity index (χ4n) is 3.50. The molecule has 2 aromatic heterocycles. The number of aromatic nitrogens is 2. The van der Waals surface area contributed by atoms with E-state index in [0.29, 0.717) is 6.54 Å². The highest BCUT2D eigenvalue weighted by Gasteiger charge is 2.17. The quantitative estimate of drug-likeness (QED) is 0.542. The monoisotopic (exact) mass is 425 g/mol. The molecule has 0 bridgehead atoms. The molecule has 0 fully saturated rings. The van der Waals surface area contributed by atoms with E-state index in [-0.39, 0.29) is 12.5 Å². The summed E-state index contributed by atoms with van der Waals surface area (Å²) in [5.74, 6) is 1.43. The molecule has 0 aliphatic carbocycles. The lowest BCUT2D eigenvalue weighted by Gasteiger charge is -2.18. The number of amides is 1. The third-order valence-electron chi connectivity index (χ3n) is 5.50. The number of nitrogens with zero attached hydrogens (tertiary/aromatic N) is 3. The van der Waals surface area contributed by atoms with Gasteiger partial charge in [0.05, 0.1) is 18.5 Å².